The Kier molecular flexibility index (Phi) is 4.40. The van der Waals surface area contributed by atoms with E-state index in [2.05, 4.69) is 0 Å². The molecule has 0 amide bonds. The third-order valence-corrected chi connectivity index (χ3v) is 3.21. The molecule has 0 saturated heterocycles. The molecule has 4 heteroatoms. The Balaban J connectivity index is 2.21. The number of benzene rings is 2. The van der Waals surface area contributed by atoms with Gasteiger partial charge in [-0.05, 0) is 18.6 Å². The molecule has 19 heavy (non-hydrogen) atoms. The number of hydrogen-bond acceptors (Lipinski definition) is 2. The minimum atomic E-state index is -0.438. The van der Waals surface area contributed by atoms with Gasteiger partial charge in [0.25, 0.3) is 0 Å². The van der Waals surface area contributed by atoms with Gasteiger partial charge in [0.05, 0.1) is 5.02 Å². The van der Waals surface area contributed by atoms with Gasteiger partial charge in [-0.2, -0.15) is 0 Å². The highest BCUT2D eigenvalue weighted by atomic mass is 35.5. The molecule has 2 N–H and O–H groups in total. The highest BCUT2D eigenvalue weighted by Gasteiger charge is 2.09. The second kappa shape index (κ2) is 6.04. The van der Waals surface area contributed by atoms with Gasteiger partial charge in [0.1, 0.15) is 18.2 Å². The Bertz CT molecular complexity index is 586. The molecular formula is C15H15ClFNO. The summed E-state index contributed by atoms with van der Waals surface area (Å²) in [6, 6.07) is 10.6. The lowest BCUT2D eigenvalue weighted by Crippen LogP contribution is -2.05. The van der Waals surface area contributed by atoms with Gasteiger partial charge in [0.2, 0.25) is 0 Å². The Morgan fingerprint density at radius 2 is 1.84 bits per heavy atom. The smallest absolute Gasteiger partial charge is 0.148 e. The van der Waals surface area contributed by atoms with Gasteiger partial charge in [-0.3, -0.25) is 0 Å². The van der Waals surface area contributed by atoms with E-state index in [4.69, 9.17) is 22.1 Å². The van der Waals surface area contributed by atoms with E-state index in [-0.39, 0.29) is 11.6 Å². The number of rotatable bonds is 4. The predicted molar refractivity (Wildman–Crippen MR) is 74.8 cm³/mol. The van der Waals surface area contributed by atoms with Crippen LogP contribution < -0.4 is 10.5 Å². The number of ether oxygens (including phenoxy) is 1. The summed E-state index contributed by atoms with van der Waals surface area (Å²) in [5, 5.41) is 0.102. The Morgan fingerprint density at radius 1 is 1.16 bits per heavy atom. The fourth-order valence-electron chi connectivity index (χ4n) is 1.89. The molecule has 0 bridgehead atoms. The Hall–Kier alpha value is -1.58. The molecule has 0 aliphatic rings. The van der Waals surface area contributed by atoms with Crippen LogP contribution in [0.3, 0.4) is 0 Å². The normalized spacial score (nSPS) is 10.5. The Morgan fingerprint density at radius 3 is 2.58 bits per heavy atom. The summed E-state index contributed by atoms with van der Waals surface area (Å²) >= 11 is 5.73. The van der Waals surface area contributed by atoms with E-state index in [9.17, 15) is 4.39 Å². The van der Waals surface area contributed by atoms with E-state index >= 15 is 0 Å². The van der Waals surface area contributed by atoms with Crippen molar-refractivity contribution in [2.75, 3.05) is 0 Å². The molecule has 0 aliphatic heterocycles. The first-order chi connectivity index (χ1) is 9.13. The summed E-state index contributed by atoms with van der Waals surface area (Å²) in [6.45, 7) is 2.45. The van der Waals surface area contributed by atoms with Gasteiger partial charge in [0, 0.05) is 17.7 Å². The first-order valence-corrected chi connectivity index (χ1v) is 6.35. The van der Waals surface area contributed by atoms with Crippen LogP contribution in [-0.4, -0.2) is 0 Å². The highest BCUT2D eigenvalue weighted by molar-refractivity contribution is 6.30. The van der Waals surface area contributed by atoms with Crippen LogP contribution in [0.5, 0.6) is 5.75 Å². The summed E-state index contributed by atoms with van der Waals surface area (Å²) in [4.78, 5) is 0. The third kappa shape index (κ3) is 3.06. The van der Waals surface area contributed by atoms with Gasteiger partial charge in [-0.15, -0.1) is 0 Å². The van der Waals surface area contributed by atoms with E-state index in [0.29, 0.717) is 17.9 Å². The Labute approximate surface area is 117 Å². The van der Waals surface area contributed by atoms with Crippen LogP contribution in [0.2, 0.25) is 5.02 Å². The van der Waals surface area contributed by atoms with Gasteiger partial charge in [-0.25, -0.2) is 4.39 Å². The number of nitrogens with two attached hydrogens (primary N) is 1. The van der Waals surface area contributed by atoms with Crippen molar-refractivity contribution < 1.29 is 9.13 Å². The first-order valence-electron chi connectivity index (χ1n) is 5.97. The predicted octanol–water partition coefficient (Wildman–Crippen LogP) is 3.83. The number of hydrogen-bond donors (Lipinski definition) is 1. The molecule has 0 spiro atoms. The summed E-state index contributed by atoms with van der Waals surface area (Å²) in [5.74, 6) is 0.274. The average molecular weight is 280 g/mol. The standard InChI is InChI=1S/C15H15ClFNO/c1-10-4-2-5-11(8-18)15(10)19-9-12-6-3-7-13(16)14(12)17/h2-7H,8-9,18H2,1H3. The average Bonchev–Trinajstić information content (AvgIpc) is 2.41. The van der Waals surface area contributed by atoms with E-state index in [1.54, 1.807) is 12.1 Å². The van der Waals surface area contributed by atoms with Crippen LogP contribution >= 0.6 is 11.6 Å². The molecule has 0 fully saturated rings. The summed E-state index contributed by atoms with van der Waals surface area (Å²) in [7, 11) is 0. The number of para-hydroxylation sites is 1. The number of aryl methyl sites for hydroxylation is 1. The van der Waals surface area contributed by atoms with Crippen molar-refractivity contribution in [1.29, 1.82) is 0 Å². The van der Waals surface area contributed by atoms with Crippen LogP contribution in [0.15, 0.2) is 36.4 Å². The fraction of sp³-hybridized carbons (Fsp3) is 0.200. The molecule has 0 atom stereocenters. The zero-order valence-corrected chi connectivity index (χ0v) is 11.4. The molecule has 0 unspecified atom stereocenters. The zero-order valence-electron chi connectivity index (χ0n) is 10.6. The van der Waals surface area contributed by atoms with E-state index in [0.717, 1.165) is 11.1 Å². The van der Waals surface area contributed by atoms with Crippen molar-refractivity contribution in [1.82, 2.24) is 0 Å². The summed E-state index contributed by atoms with van der Waals surface area (Å²) < 4.78 is 19.5. The third-order valence-electron chi connectivity index (χ3n) is 2.92. The zero-order chi connectivity index (χ0) is 13.8. The van der Waals surface area contributed by atoms with Crippen molar-refractivity contribution in [2.24, 2.45) is 5.73 Å². The van der Waals surface area contributed by atoms with Gasteiger partial charge < -0.3 is 10.5 Å². The summed E-state index contributed by atoms with van der Waals surface area (Å²) in [5.41, 5.74) is 7.98. The largest absolute Gasteiger partial charge is 0.488 e. The van der Waals surface area contributed by atoms with Crippen LogP contribution in [-0.2, 0) is 13.2 Å². The van der Waals surface area contributed by atoms with E-state index in [1.165, 1.54) is 6.07 Å². The SMILES string of the molecule is Cc1cccc(CN)c1OCc1cccc(Cl)c1F. The van der Waals surface area contributed by atoms with Crippen LogP contribution in [0.1, 0.15) is 16.7 Å². The molecule has 100 valence electrons. The van der Waals surface area contributed by atoms with Crippen LogP contribution in [0.25, 0.3) is 0 Å². The second-order valence-electron chi connectivity index (χ2n) is 4.27. The molecule has 0 aliphatic carbocycles. The van der Waals surface area contributed by atoms with Crippen molar-refractivity contribution in [3.63, 3.8) is 0 Å². The minimum Gasteiger partial charge on any atom is -0.488 e. The lowest BCUT2D eigenvalue weighted by Gasteiger charge is -2.13. The monoisotopic (exact) mass is 279 g/mol. The van der Waals surface area contributed by atoms with Crippen molar-refractivity contribution in [2.45, 2.75) is 20.1 Å². The lowest BCUT2D eigenvalue weighted by molar-refractivity contribution is 0.295. The van der Waals surface area contributed by atoms with E-state index < -0.39 is 5.82 Å². The molecule has 0 saturated carbocycles. The minimum absolute atomic E-state index is 0.102. The molecule has 2 nitrogen and oxygen atoms in total. The first kappa shape index (κ1) is 13.8. The molecule has 2 aromatic rings. The van der Waals surface area contributed by atoms with Crippen molar-refractivity contribution >= 4 is 11.6 Å². The lowest BCUT2D eigenvalue weighted by atomic mass is 10.1. The van der Waals surface area contributed by atoms with Gasteiger partial charge in [0.15, 0.2) is 0 Å². The maximum atomic E-state index is 13.8. The quantitative estimate of drug-likeness (QED) is 0.923. The summed E-state index contributed by atoms with van der Waals surface area (Å²) in [6.07, 6.45) is 0. The fourth-order valence-corrected chi connectivity index (χ4v) is 2.08. The van der Waals surface area contributed by atoms with Crippen molar-refractivity contribution in [3.8, 4) is 5.75 Å². The number of halogens is 2. The van der Waals surface area contributed by atoms with Gasteiger partial charge in [-0.1, -0.05) is 41.9 Å². The molecule has 0 heterocycles. The topological polar surface area (TPSA) is 35.2 Å². The van der Waals surface area contributed by atoms with E-state index in [1.807, 2.05) is 25.1 Å². The molecule has 0 aromatic heterocycles. The highest BCUT2D eigenvalue weighted by Crippen LogP contribution is 2.25. The van der Waals surface area contributed by atoms with Crippen LogP contribution in [0.4, 0.5) is 4.39 Å². The second-order valence-corrected chi connectivity index (χ2v) is 4.68. The maximum Gasteiger partial charge on any atom is 0.148 e. The molecular weight excluding hydrogens is 265 g/mol. The molecule has 0 radical (unpaired) electrons. The van der Waals surface area contributed by atoms with Crippen LogP contribution in [0, 0.1) is 12.7 Å². The van der Waals surface area contributed by atoms with Crippen molar-refractivity contribution in [3.05, 3.63) is 63.9 Å². The molecule has 2 rings (SSSR count). The molecule has 2 aromatic carbocycles. The maximum absolute atomic E-state index is 13.8. The van der Waals surface area contributed by atoms with Gasteiger partial charge >= 0.3 is 0 Å².